The van der Waals surface area contributed by atoms with Gasteiger partial charge in [-0.25, -0.2) is 0 Å². The van der Waals surface area contributed by atoms with Gasteiger partial charge in [0, 0.05) is 13.0 Å². The Bertz CT molecular complexity index is 385. The number of halogens is 1. The molecule has 16 heavy (non-hydrogen) atoms. The van der Waals surface area contributed by atoms with E-state index in [4.69, 9.17) is 11.6 Å². The van der Waals surface area contributed by atoms with Crippen LogP contribution in [0, 0.1) is 5.92 Å². The summed E-state index contributed by atoms with van der Waals surface area (Å²) in [5.74, 6) is 0.580. The van der Waals surface area contributed by atoms with Crippen LogP contribution in [0.5, 0.6) is 0 Å². The molecule has 2 rings (SSSR count). The van der Waals surface area contributed by atoms with Gasteiger partial charge in [0.2, 0.25) is 0 Å². The third-order valence-corrected chi connectivity index (χ3v) is 3.11. The zero-order valence-electron chi connectivity index (χ0n) is 9.37. The summed E-state index contributed by atoms with van der Waals surface area (Å²) < 4.78 is 1.72. The second-order valence-electron chi connectivity index (χ2n) is 4.22. The van der Waals surface area contributed by atoms with Gasteiger partial charge in [-0.05, 0) is 25.4 Å². The van der Waals surface area contributed by atoms with E-state index in [0.717, 1.165) is 26.1 Å². The van der Waals surface area contributed by atoms with E-state index in [1.807, 2.05) is 0 Å². The van der Waals surface area contributed by atoms with Gasteiger partial charge in [-0.2, -0.15) is 5.10 Å². The molecular formula is C11H16ClN3O. The highest BCUT2D eigenvalue weighted by atomic mass is 35.5. The highest BCUT2D eigenvalue weighted by Crippen LogP contribution is 2.20. The number of nitrogens with one attached hydrogen (secondary N) is 1. The number of carbonyl (C=O) groups excluding carboxylic acids is 1. The van der Waals surface area contributed by atoms with E-state index >= 15 is 0 Å². The van der Waals surface area contributed by atoms with Gasteiger partial charge in [0.25, 0.3) is 0 Å². The van der Waals surface area contributed by atoms with Gasteiger partial charge in [-0.15, -0.1) is 0 Å². The van der Waals surface area contributed by atoms with Crippen molar-refractivity contribution in [1.29, 1.82) is 0 Å². The first-order valence-corrected chi connectivity index (χ1v) is 6.05. The SMILES string of the molecule is CCCn1ncc(Cl)c1C(=O)CC1CNC1. The Balaban J connectivity index is 2.10. The third-order valence-electron chi connectivity index (χ3n) is 2.83. The van der Waals surface area contributed by atoms with Crippen LogP contribution in [0.2, 0.25) is 5.02 Å². The maximum atomic E-state index is 12.1. The predicted molar refractivity (Wildman–Crippen MR) is 62.8 cm³/mol. The Labute approximate surface area is 100.0 Å². The van der Waals surface area contributed by atoms with Crippen LogP contribution in [0.1, 0.15) is 30.3 Å². The normalized spacial score (nSPS) is 16.1. The second kappa shape index (κ2) is 4.97. The molecule has 0 aliphatic carbocycles. The molecule has 1 saturated heterocycles. The fourth-order valence-corrected chi connectivity index (χ4v) is 2.12. The summed E-state index contributed by atoms with van der Waals surface area (Å²) >= 11 is 6.00. The number of rotatable bonds is 5. The largest absolute Gasteiger partial charge is 0.316 e. The molecule has 0 aromatic carbocycles. The summed E-state index contributed by atoms with van der Waals surface area (Å²) in [6.45, 7) is 4.67. The molecule has 0 spiro atoms. The van der Waals surface area contributed by atoms with E-state index in [1.54, 1.807) is 10.9 Å². The highest BCUT2D eigenvalue weighted by molar-refractivity contribution is 6.33. The molecular weight excluding hydrogens is 226 g/mol. The Morgan fingerprint density at radius 1 is 1.69 bits per heavy atom. The summed E-state index contributed by atoms with van der Waals surface area (Å²) in [4.78, 5) is 12.1. The minimum atomic E-state index is 0.113. The molecule has 0 saturated carbocycles. The number of ketones is 1. The Kier molecular flexibility index (Phi) is 3.61. The van der Waals surface area contributed by atoms with Crippen molar-refractivity contribution in [2.75, 3.05) is 13.1 Å². The minimum absolute atomic E-state index is 0.113. The lowest BCUT2D eigenvalue weighted by Crippen LogP contribution is -2.43. The quantitative estimate of drug-likeness (QED) is 0.799. The maximum Gasteiger partial charge on any atom is 0.182 e. The second-order valence-corrected chi connectivity index (χ2v) is 4.62. The topological polar surface area (TPSA) is 46.9 Å². The van der Waals surface area contributed by atoms with Crippen molar-refractivity contribution in [3.8, 4) is 0 Å². The number of hydrogen-bond acceptors (Lipinski definition) is 3. The summed E-state index contributed by atoms with van der Waals surface area (Å²) in [6.07, 6.45) is 3.08. The number of nitrogens with zero attached hydrogens (tertiary/aromatic N) is 2. The molecule has 0 bridgehead atoms. The Morgan fingerprint density at radius 2 is 2.44 bits per heavy atom. The molecule has 1 aliphatic heterocycles. The fourth-order valence-electron chi connectivity index (χ4n) is 1.87. The number of aryl methyl sites for hydroxylation is 1. The molecule has 2 heterocycles. The number of Topliss-reactive ketones (excluding diaryl/α,β-unsaturated/α-hetero) is 1. The molecule has 0 atom stereocenters. The van der Waals surface area contributed by atoms with Crippen LogP contribution in [-0.4, -0.2) is 28.7 Å². The first-order chi connectivity index (χ1) is 7.72. The van der Waals surface area contributed by atoms with Gasteiger partial charge in [-0.1, -0.05) is 18.5 Å². The average Bonchev–Trinajstić information content (AvgIpc) is 2.54. The van der Waals surface area contributed by atoms with Gasteiger partial charge < -0.3 is 5.32 Å². The maximum absolute atomic E-state index is 12.1. The lowest BCUT2D eigenvalue weighted by Gasteiger charge is -2.26. The molecule has 0 amide bonds. The fraction of sp³-hybridized carbons (Fsp3) is 0.636. The minimum Gasteiger partial charge on any atom is -0.316 e. The van der Waals surface area contributed by atoms with Crippen molar-refractivity contribution in [3.05, 3.63) is 16.9 Å². The Morgan fingerprint density at radius 3 is 3.00 bits per heavy atom. The molecule has 1 fully saturated rings. The zero-order chi connectivity index (χ0) is 11.5. The van der Waals surface area contributed by atoms with Crippen molar-refractivity contribution in [3.63, 3.8) is 0 Å². The molecule has 5 heteroatoms. The summed E-state index contributed by atoms with van der Waals surface area (Å²) in [5, 5.41) is 7.76. The van der Waals surface area contributed by atoms with Crippen LogP contribution in [-0.2, 0) is 6.54 Å². The van der Waals surface area contributed by atoms with Crippen molar-refractivity contribution < 1.29 is 4.79 Å². The van der Waals surface area contributed by atoms with Gasteiger partial charge in [-0.3, -0.25) is 9.48 Å². The van der Waals surface area contributed by atoms with Crippen molar-refractivity contribution >= 4 is 17.4 Å². The van der Waals surface area contributed by atoms with Crippen LogP contribution < -0.4 is 5.32 Å². The van der Waals surface area contributed by atoms with E-state index < -0.39 is 0 Å². The highest BCUT2D eigenvalue weighted by Gasteiger charge is 2.24. The lowest BCUT2D eigenvalue weighted by atomic mass is 9.95. The van der Waals surface area contributed by atoms with Gasteiger partial charge in [0.15, 0.2) is 5.78 Å². The zero-order valence-corrected chi connectivity index (χ0v) is 10.1. The molecule has 1 aliphatic rings. The average molecular weight is 242 g/mol. The van der Waals surface area contributed by atoms with Crippen LogP contribution in [0.4, 0.5) is 0 Å². The van der Waals surface area contributed by atoms with Gasteiger partial charge >= 0.3 is 0 Å². The van der Waals surface area contributed by atoms with E-state index in [0.29, 0.717) is 23.1 Å². The van der Waals surface area contributed by atoms with Crippen molar-refractivity contribution in [2.24, 2.45) is 5.92 Å². The van der Waals surface area contributed by atoms with Crippen LogP contribution >= 0.6 is 11.6 Å². The molecule has 0 radical (unpaired) electrons. The molecule has 4 nitrogen and oxygen atoms in total. The standard InChI is InChI=1S/C11H16ClN3O/c1-2-3-15-11(9(12)7-14-15)10(16)4-8-5-13-6-8/h7-8,13H,2-6H2,1H3. The predicted octanol–water partition coefficient (Wildman–Crippen LogP) is 1.74. The molecule has 0 unspecified atom stereocenters. The van der Waals surface area contributed by atoms with Gasteiger partial charge in [0.05, 0.1) is 11.2 Å². The summed E-state index contributed by atoms with van der Waals surface area (Å²) in [7, 11) is 0. The van der Waals surface area contributed by atoms with Crippen molar-refractivity contribution in [1.82, 2.24) is 15.1 Å². The molecule has 1 aromatic rings. The lowest BCUT2D eigenvalue weighted by molar-refractivity contribution is 0.0935. The first kappa shape index (κ1) is 11.6. The number of aromatic nitrogens is 2. The molecule has 1 N–H and O–H groups in total. The number of carbonyl (C=O) groups is 1. The monoisotopic (exact) mass is 241 g/mol. The van der Waals surface area contributed by atoms with E-state index in [9.17, 15) is 4.79 Å². The van der Waals surface area contributed by atoms with Crippen LogP contribution in [0.3, 0.4) is 0 Å². The number of hydrogen-bond donors (Lipinski definition) is 1. The van der Waals surface area contributed by atoms with Crippen LogP contribution in [0.25, 0.3) is 0 Å². The third kappa shape index (κ3) is 2.28. The molecule has 88 valence electrons. The van der Waals surface area contributed by atoms with Crippen LogP contribution in [0.15, 0.2) is 6.20 Å². The van der Waals surface area contributed by atoms with E-state index in [1.165, 1.54) is 0 Å². The summed E-state index contributed by atoms with van der Waals surface area (Å²) in [6, 6.07) is 0. The molecule has 1 aromatic heterocycles. The Hall–Kier alpha value is -0.870. The summed E-state index contributed by atoms with van der Waals surface area (Å²) in [5.41, 5.74) is 0.579. The van der Waals surface area contributed by atoms with Crippen molar-refractivity contribution in [2.45, 2.75) is 26.3 Å². The van der Waals surface area contributed by atoms with E-state index in [2.05, 4.69) is 17.3 Å². The van der Waals surface area contributed by atoms with Gasteiger partial charge in [0.1, 0.15) is 5.69 Å². The van der Waals surface area contributed by atoms with E-state index in [-0.39, 0.29) is 5.78 Å². The smallest absolute Gasteiger partial charge is 0.182 e. The first-order valence-electron chi connectivity index (χ1n) is 5.67.